The number of hydrogen-bond donors (Lipinski definition) is 1. The average molecular weight is 344 g/mol. The van der Waals surface area contributed by atoms with E-state index in [0.717, 1.165) is 24.2 Å². The molecule has 1 aromatic carbocycles. The van der Waals surface area contributed by atoms with Crippen LogP contribution >= 0.6 is 15.9 Å². The Hall–Kier alpha value is -0.570. The molecule has 0 bridgehead atoms. The minimum Gasteiger partial charge on any atom is -0.385 e. The topological polar surface area (TPSA) is 12.0 Å². The smallest absolute Gasteiger partial charge is 0.139 e. The first-order chi connectivity index (χ1) is 9.65. The van der Waals surface area contributed by atoms with Gasteiger partial charge in [0.1, 0.15) is 5.82 Å². The van der Waals surface area contributed by atoms with Gasteiger partial charge >= 0.3 is 0 Å². The molecule has 0 aliphatic carbocycles. The Labute approximate surface area is 131 Å². The van der Waals surface area contributed by atoms with E-state index in [1.165, 1.54) is 44.9 Å². The van der Waals surface area contributed by atoms with Crippen molar-refractivity contribution < 1.29 is 4.39 Å². The van der Waals surface area contributed by atoms with Crippen LogP contribution in [0.25, 0.3) is 0 Å². The summed E-state index contributed by atoms with van der Waals surface area (Å²) in [6, 6.07) is 3.40. The van der Waals surface area contributed by atoms with Crippen LogP contribution in [0.3, 0.4) is 0 Å². The summed E-state index contributed by atoms with van der Waals surface area (Å²) >= 11 is 3.21. The Kier molecular flexibility index (Phi) is 8.92. The molecule has 0 aliphatic rings. The molecule has 0 heterocycles. The van der Waals surface area contributed by atoms with Crippen molar-refractivity contribution in [2.45, 2.75) is 65.2 Å². The van der Waals surface area contributed by atoms with Crippen LogP contribution in [-0.4, -0.2) is 6.54 Å². The Bertz CT molecular complexity index is 393. The van der Waals surface area contributed by atoms with Crippen LogP contribution < -0.4 is 5.32 Å². The van der Waals surface area contributed by atoms with Gasteiger partial charge in [0.15, 0.2) is 0 Å². The van der Waals surface area contributed by atoms with E-state index in [9.17, 15) is 4.39 Å². The number of rotatable bonds is 10. The van der Waals surface area contributed by atoms with Crippen molar-refractivity contribution in [2.24, 2.45) is 0 Å². The molecular weight excluding hydrogens is 317 g/mol. The maximum Gasteiger partial charge on any atom is 0.139 e. The van der Waals surface area contributed by atoms with E-state index in [0.29, 0.717) is 4.47 Å². The van der Waals surface area contributed by atoms with Gasteiger partial charge in [0, 0.05) is 12.2 Å². The molecule has 0 atom stereocenters. The van der Waals surface area contributed by atoms with E-state index in [1.54, 1.807) is 6.07 Å². The van der Waals surface area contributed by atoms with Crippen molar-refractivity contribution in [1.29, 1.82) is 0 Å². The standard InChI is InChI=1S/C17H27BrFN/c1-3-4-5-6-7-8-9-10-11-20-17-13-16(19)15(18)12-14(17)2/h12-13,20H,3-11H2,1-2H3. The van der Waals surface area contributed by atoms with E-state index in [4.69, 9.17) is 0 Å². The fourth-order valence-corrected chi connectivity index (χ4v) is 2.78. The molecule has 1 nitrogen and oxygen atoms in total. The van der Waals surface area contributed by atoms with E-state index in [-0.39, 0.29) is 5.82 Å². The molecule has 0 aromatic heterocycles. The van der Waals surface area contributed by atoms with Crippen molar-refractivity contribution in [3.8, 4) is 0 Å². The van der Waals surface area contributed by atoms with Crippen molar-refractivity contribution in [2.75, 3.05) is 11.9 Å². The fraction of sp³-hybridized carbons (Fsp3) is 0.647. The van der Waals surface area contributed by atoms with Crippen LogP contribution in [0.5, 0.6) is 0 Å². The zero-order chi connectivity index (χ0) is 14.8. The molecule has 3 heteroatoms. The molecule has 1 N–H and O–H groups in total. The highest BCUT2D eigenvalue weighted by molar-refractivity contribution is 9.10. The summed E-state index contributed by atoms with van der Waals surface area (Å²) in [5.74, 6) is -0.200. The molecule has 0 spiro atoms. The van der Waals surface area contributed by atoms with E-state index in [2.05, 4.69) is 28.2 Å². The second-order valence-electron chi connectivity index (χ2n) is 5.48. The summed E-state index contributed by atoms with van der Waals surface area (Å²) in [4.78, 5) is 0. The van der Waals surface area contributed by atoms with Crippen molar-refractivity contribution in [3.05, 3.63) is 28.0 Å². The lowest BCUT2D eigenvalue weighted by atomic mass is 10.1. The zero-order valence-corrected chi connectivity index (χ0v) is 14.4. The van der Waals surface area contributed by atoms with Gasteiger partial charge < -0.3 is 5.32 Å². The average Bonchev–Trinajstić information content (AvgIpc) is 2.42. The third kappa shape index (κ3) is 6.74. The number of anilines is 1. The van der Waals surface area contributed by atoms with Gasteiger partial charge in [-0.3, -0.25) is 0 Å². The van der Waals surface area contributed by atoms with Crippen molar-refractivity contribution in [1.82, 2.24) is 0 Å². The number of unbranched alkanes of at least 4 members (excludes halogenated alkanes) is 7. The number of benzene rings is 1. The first-order valence-electron chi connectivity index (χ1n) is 7.84. The number of hydrogen-bond acceptors (Lipinski definition) is 1. The van der Waals surface area contributed by atoms with Gasteiger partial charge in [0.25, 0.3) is 0 Å². The predicted octanol–water partition coefficient (Wildman–Crippen LogP) is 6.45. The lowest BCUT2D eigenvalue weighted by molar-refractivity contribution is 0.581. The van der Waals surface area contributed by atoms with Crippen LogP contribution in [0, 0.1) is 12.7 Å². The fourth-order valence-electron chi connectivity index (χ4n) is 2.32. The largest absolute Gasteiger partial charge is 0.385 e. The van der Waals surface area contributed by atoms with Crippen LogP contribution in [0.1, 0.15) is 63.9 Å². The van der Waals surface area contributed by atoms with Crippen LogP contribution in [-0.2, 0) is 0 Å². The normalized spacial score (nSPS) is 10.8. The molecule has 1 rings (SSSR count). The highest BCUT2D eigenvalue weighted by atomic mass is 79.9. The molecule has 0 fully saturated rings. The molecule has 20 heavy (non-hydrogen) atoms. The zero-order valence-electron chi connectivity index (χ0n) is 12.8. The molecule has 0 saturated carbocycles. The third-order valence-electron chi connectivity index (χ3n) is 3.61. The summed E-state index contributed by atoms with van der Waals surface area (Å²) in [5, 5.41) is 3.33. The highest BCUT2D eigenvalue weighted by Crippen LogP contribution is 2.24. The van der Waals surface area contributed by atoms with Gasteiger partial charge in [0.05, 0.1) is 4.47 Å². The summed E-state index contributed by atoms with van der Waals surface area (Å²) in [6.45, 7) is 5.18. The Balaban J connectivity index is 2.11. The molecule has 0 saturated heterocycles. The molecule has 0 radical (unpaired) electrons. The summed E-state index contributed by atoms with van der Waals surface area (Å²) in [6.07, 6.45) is 10.5. The van der Waals surface area contributed by atoms with E-state index in [1.807, 2.05) is 13.0 Å². The van der Waals surface area contributed by atoms with Gasteiger partial charge in [-0.2, -0.15) is 0 Å². The van der Waals surface area contributed by atoms with Crippen LogP contribution in [0.2, 0.25) is 0 Å². The van der Waals surface area contributed by atoms with E-state index >= 15 is 0 Å². The summed E-state index contributed by atoms with van der Waals surface area (Å²) in [5.41, 5.74) is 1.99. The third-order valence-corrected chi connectivity index (χ3v) is 4.22. The number of aryl methyl sites for hydroxylation is 1. The molecule has 114 valence electrons. The van der Waals surface area contributed by atoms with E-state index < -0.39 is 0 Å². The minimum absolute atomic E-state index is 0.200. The summed E-state index contributed by atoms with van der Waals surface area (Å²) < 4.78 is 14.0. The number of nitrogens with one attached hydrogen (secondary N) is 1. The monoisotopic (exact) mass is 343 g/mol. The van der Waals surface area contributed by atoms with Gasteiger partial charge in [-0.15, -0.1) is 0 Å². The molecule has 0 unspecified atom stereocenters. The SMILES string of the molecule is CCCCCCCCCCNc1cc(F)c(Br)cc1C. The molecule has 1 aromatic rings. The van der Waals surface area contributed by atoms with Crippen molar-refractivity contribution in [3.63, 3.8) is 0 Å². The Morgan fingerprint density at radius 3 is 2.25 bits per heavy atom. The van der Waals surface area contributed by atoms with Gasteiger partial charge in [-0.05, 0) is 47.0 Å². The lowest BCUT2D eigenvalue weighted by Gasteiger charge is -2.10. The highest BCUT2D eigenvalue weighted by Gasteiger charge is 2.04. The van der Waals surface area contributed by atoms with Crippen LogP contribution in [0.15, 0.2) is 16.6 Å². The second-order valence-corrected chi connectivity index (χ2v) is 6.34. The molecule has 0 aliphatic heterocycles. The lowest BCUT2D eigenvalue weighted by Crippen LogP contribution is -2.03. The van der Waals surface area contributed by atoms with Gasteiger partial charge in [-0.25, -0.2) is 4.39 Å². The quantitative estimate of drug-likeness (QED) is 0.481. The Morgan fingerprint density at radius 2 is 1.60 bits per heavy atom. The minimum atomic E-state index is -0.200. The maximum absolute atomic E-state index is 13.4. The van der Waals surface area contributed by atoms with Crippen molar-refractivity contribution >= 4 is 21.6 Å². The van der Waals surface area contributed by atoms with Gasteiger partial charge in [0.2, 0.25) is 0 Å². The molecular formula is C17H27BrFN. The number of halogens is 2. The Morgan fingerprint density at radius 1 is 1.00 bits per heavy atom. The maximum atomic E-state index is 13.4. The second kappa shape index (κ2) is 10.2. The molecule has 0 amide bonds. The predicted molar refractivity (Wildman–Crippen MR) is 89.9 cm³/mol. The van der Waals surface area contributed by atoms with Gasteiger partial charge in [-0.1, -0.05) is 51.9 Å². The first kappa shape index (κ1) is 17.5. The summed E-state index contributed by atoms with van der Waals surface area (Å²) in [7, 11) is 0. The van der Waals surface area contributed by atoms with Crippen LogP contribution in [0.4, 0.5) is 10.1 Å². The first-order valence-corrected chi connectivity index (χ1v) is 8.64.